The molecule has 4 nitrogen and oxygen atoms in total. The maximum Gasteiger partial charge on any atom is 0.338 e. The van der Waals surface area contributed by atoms with Crippen LogP contribution in [0.4, 0.5) is 0 Å². The predicted molar refractivity (Wildman–Crippen MR) is 124 cm³/mol. The number of ether oxygens (including phenoxy) is 2. The van der Waals surface area contributed by atoms with Crippen LogP contribution in [0.15, 0.2) is 60.7 Å². The van der Waals surface area contributed by atoms with Gasteiger partial charge in [0.2, 0.25) is 0 Å². The summed E-state index contributed by atoms with van der Waals surface area (Å²) in [5.41, 5.74) is 0.506. The number of hydrogen-bond acceptors (Lipinski definition) is 4. The summed E-state index contributed by atoms with van der Waals surface area (Å²) < 4.78 is 11.9. The molecule has 0 aromatic heterocycles. The molecule has 0 bridgehead atoms. The first-order chi connectivity index (χ1) is 14.7. The van der Waals surface area contributed by atoms with Gasteiger partial charge in [0.05, 0.1) is 17.2 Å². The number of carbonyl (C=O) groups excluding carboxylic acids is 2. The van der Waals surface area contributed by atoms with Crippen LogP contribution in [0.3, 0.4) is 0 Å². The van der Waals surface area contributed by atoms with E-state index in [0.717, 1.165) is 12.8 Å². The summed E-state index contributed by atoms with van der Waals surface area (Å²) in [7, 11) is 0. The lowest BCUT2D eigenvalue weighted by molar-refractivity contribution is -0.0515. The fraction of sp³-hybridized carbons (Fsp3) is 0.481. The molecule has 1 unspecified atom stereocenters. The first kappa shape index (κ1) is 24.6. The zero-order valence-corrected chi connectivity index (χ0v) is 19.5. The summed E-state index contributed by atoms with van der Waals surface area (Å²) in [5, 5.41) is 0. The summed E-state index contributed by atoms with van der Waals surface area (Å²) in [6.07, 6.45) is 2.53. The van der Waals surface area contributed by atoms with Gasteiger partial charge < -0.3 is 9.47 Å². The molecule has 0 saturated heterocycles. The SMILES string of the molecule is CC(C)CC(CCC(C)OC(=O)c1ccccc1)(CC(C)C)OC(=O)c1ccccc1. The van der Waals surface area contributed by atoms with Gasteiger partial charge in [-0.15, -0.1) is 0 Å². The van der Waals surface area contributed by atoms with Crippen molar-refractivity contribution in [2.75, 3.05) is 0 Å². The molecule has 2 rings (SSSR count). The Kier molecular flexibility index (Phi) is 9.29. The van der Waals surface area contributed by atoms with Gasteiger partial charge in [0.15, 0.2) is 0 Å². The molecule has 4 heteroatoms. The van der Waals surface area contributed by atoms with E-state index in [-0.39, 0.29) is 18.0 Å². The summed E-state index contributed by atoms with van der Waals surface area (Å²) in [4.78, 5) is 25.3. The number of hydrogen-bond donors (Lipinski definition) is 0. The molecule has 0 amide bonds. The zero-order valence-electron chi connectivity index (χ0n) is 19.5. The van der Waals surface area contributed by atoms with E-state index in [1.54, 1.807) is 24.3 Å². The maximum atomic E-state index is 12.9. The minimum Gasteiger partial charge on any atom is -0.459 e. The van der Waals surface area contributed by atoms with Crippen LogP contribution in [-0.4, -0.2) is 23.6 Å². The van der Waals surface area contributed by atoms with Gasteiger partial charge in [-0.25, -0.2) is 9.59 Å². The molecule has 0 aliphatic rings. The van der Waals surface area contributed by atoms with E-state index in [4.69, 9.17) is 9.47 Å². The van der Waals surface area contributed by atoms with Crippen molar-refractivity contribution in [1.29, 1.82) is 0 Å². The van der Waals surface area contributed by atoms with Crippen LogP contribution < -0.4 is 0 Å². The molecule has 0 saturated carbocycles. The second-order valence-corrected chi connectivity index (χ2v) is 9.26. The summed E-state index contributed by atoms with van der Waals surface area (Å²) in [6, 6.07) is 18.1. The molecule has 168 valence electrons. The third kappa shape index (κ3) is 8.20. The van der Waals surface area contributed by atoms with Gasteiger partial charge >= 0.3 is 11.9 Å². The van der Waals surface area contributed by atoms with Gasteiger partial charge in [-0.2, -0.15) is 0 Å². The van der Waals surface area contributed by atoms with Crippen molar-refractivity contribution in [2.24, 2.45) is 11.8 Å². The number of esters is 2. The average Bonchev–Trinajstić information content (AvgIpc) is 2.72. The zero-order chi connectivity index (χ0) is 22.9. The molecule has 31 heavy (non-hydrogen) atoms. The molecule has 2 aromatic rings. The molecule has 0 fully saturated rings. The van der Waals surface area contributed by atoms with Crippen LogP contribution in [0.2, 0.25) is 0 Å². The van der Waals surface area contributed by atoms with E-state index in [9.17, 15) is 9.59 Å². The molecule has 0 radical (unpaired) electrons. The molecule has 0 aliphatic carbocycles. The highest BCUT2D eigenvalue weighted by Crippen LogP contribution is 2.35. The Hall–Kier alpha value is -2.62. The number of rotatable bonds is 11. The first-order valence-electron chi connectivity index (χ1n) is 11.2. The normalized spacial score (nSPS) is 12.6. The Morgan fingerprint density at radius 1 is 0.742 bits per heavy atom. The lowest BCUT2D eigenvalue weighted by Gasteiger charge is -2.37. The van der Waals surface area contributed by atoms with Crippen LogP contribution in [-0.2, 0) is 9.47 Å². The van der Waals surface area contributed by atoms with E-state index in [0.29, 0.717) is 35.8 Å². The molecule has 0 spiro atoms. The van der Waals surface area contributed by atoms with Crippen molar-refractivity contribution in [3.63, 3.8) is 0 Å². The summed E-state index contributed by atoms with van der Waals surface area (Å²) in [5.74, 6) is 0.109. The molecular formula is C27H36O4. The molecule has 0 aliphatic heterocycles. The van der Waals surface area contributed by atoms with Crippen molar-refractivity contribution < 1.29 is 19.1 Å². The van der Waals surface area contributed by atoms with E-state index in [1.807, 2.05) is 43.3 Å². The van der Waals surface area contributed by atoms with Crippen molar-refractivity contribution in [3.8, 4) is 0 Å². The van der Waals surface area contributed by atoms with Gasteiger partial charge in [0.1, 0.15) is 5.60 Å². The van der Waals surface area contributed by atoms with Crippen LogP contribution in [0.5, 0.6) is 0 Å². The van der Waals surface area contributed by atoms with Gasteiger partial charge in [-0.3, -0.25) is 0 Å². The quantitative estimate of drug-likeness (QED) is 0.377. The Morgan fingerprint density at radius 2 is 1.19 bits per heavy atom. The maximum absolute atomic E-state index is 12.9. The highest BCUT2D eigenvalue weighted by Gasteiger charge is 2.36. The lowest BCUT2D eigenvalue weighted by atomic mass is 9.80. The molecular weight excluding hydrogens is 388 g/mol. The highest BCUT2D eigenvalue weighted by atomic mass is 16.6. The standard InChI is InChI=1S/C27H36O4/c1-20(2)18-27(19-21(3)4,31-26(29)24-14-10-7-11-15-24)17-16-22(5)30-25(28)23-12-8-6-9-13-23/h6-15,20-22H,16-19H2,1-5H3. The molecule has 1 atom stereocenters. The van der Waals surface area contributed by atoms with Crippen molar-refractivity contribution in [2.45, 2.75) is 72.0 Å². The molecule has 0 heterocycles. The average molecular weight is 425 g/mol. The largest absolute Gasteiger partial charge is 0.459 e. The second-order valence-electron chi connectivity index (χ2n) is 9.26. The van der Waals surface area contributed by atoms with Crippen LogP contribution >= 0.6 is 0 Å². The lowest BCUT2D eigenvalue weighted by Crippen LogP contribution is -2.39. The highest BCUT2D eigenvalue weighted by molar-refractivity contribution is 5.90. The van der Waals surface area contributed by atoms with Crippen molar-refractivity contribution >= 4 is 11.9 Å². The Morgan fingerprint density at radius 3 is 1.65 bits per heavy atom. The summed E-state index contributed by atoms with van der Waals surface area (Å²) >= 11 is 0. The monoisotopic (exact) mass is 424 g/mol. The fourth-order valence-corrected chi connectivity index (χ4v) is 4.09. The van der Waals surface area contributed by atoms with Crippen molar-refractivity contribution in [1.82, 2.24) is 0 Å². The van der Waals surface area contributed by atoms with Crippen molar-refractivity contribution in [3.05, 3.63) is 71.8 Å². The second kappa shape index (κ2) is 11.7. The predicted octanol–water partition coefficient (Wildman–Crippen LogP) is 6.70. The molecule has 0 N–H and O–H groups in total. The van der Waals surface area contributed by atoms with E-state index < -0.39 is 5.60 Å². The van der Waals surface area contributed by atoms with Crippen LogP contribution in [0.1, 0.15) is 81.0 Å². The number of benzene rings is 2. The third-order valence-corrected chi connectivity index (χ3v) is 5.20. The topological polar surface area (TPSA) is 52.6 Å². The Balaban J connectivity index is 2.12. The Bertz CT molecular complexity index is 802. The summed E-state index contributed by atoms with van der Waals surface area (Å²) in [6.45, 7) is 10.5. The molecule has 2 aromatic carbocycles. The van der Waals surface area contributed by atoms with E-state index in [1.165, 1.54) is 0 Å². The van der Waals surface area contributed by atoms with Gasteiger partial charge in [-0.05, 0) is 68.7 Å². The van der Waals surface area contributed by atoms with Gasteiger partial charge in [-0.1, -0.05) is 64.1 Å². The Labute approximate surface area is 187 Å². The number of carbonyl (C=O) groups is 2. The first-order valence-corrected chi connectivity index (χ1v) is 11.2. The van der Waals surface area contributed by atoms with Crippen LogP contribution in [0.25, 0.3) is 0 Å². The minimum atomic E-state index is -0.595. The smallest absolute Gasteiger partial charge is 0.338 e. The third-order valence-electron chi connectivity index (χ3n) is 5.20. The van der Waals surface area contributed by atoms with Gasteiger partial charge in [0, 0.05) is 0 Å². The van der Waals surface area contributed by atoms with E-state index >= 15 is 0 Å². The van der Waals surface area contributed by atoms with Crippen LogP contribution in [0, 0.1) is 11.8 Å². The van der Waals surface area contributed by atoms with E-state index in [2.05, 4.69) is 27.7 Å². The van der Waals surface area contributed by atoms with Gasteiger partial charge in [0.25, 0.3) is 0 Å². The minimum absolute atomic E-state index is 0.276. The fourth-order valence-electron chi connectivity index (χ4n) is 4.09.